The molecular formula is C26H33N5O4. The van der Waals surface area contributed by atoms with E-state index in [0.717, 1.165) is 41.4 Å². The van der Waals surface area contributed by atoms with Crippen molar-refractivity contribution in [3.05, 3.63) is 47.5 Å². The van der Waals surface area contributed by atoms with Crippen molar-refractivity contribution in [2.45, 2.75) is 39.7 Å². The van der Waals surface area contributed by atoms with Crippen molar-refractivity contribution in [3.63, 3.8) is 0 Å². The molecule has 3 aromatic rings. The molecule has 2 heterocycles. The van der Waals surface area contributed by atoms with E-state index < -0.39 is 0 Å². The van der Waals surface area contributed by atoms with Gasteiger partial charge in [0.05, 0.1) is 32.6 Å². The van der Waals surface area contributed by atoms with Crippen LogP contribution >= 0.6 is 0 Å². The predicted molar refractivity (Wildman–Crippen MR) is 133 cm³/mol. The van der Waals surface area contributed by atoms with Gasteiger partial charge in [0.1, 0.15) is 18.0 Å². The molecule has 0 saturated carbocycles. The average Bonchev–Trinajstić information content (AvgIpc) is 3.32. The maximum absolute atomic E-state index is 13.4. The van der Waals surface area contributed by atoms with E-state index in [4.69, 9.17) is 14.2 Å². The standard InChI is InChI=1S/C26H33N5O4/c1-6-35-20-9-7-8-18(14-20)25-27-29-31(28-25)17-23(32)19-15-21(26(2,3)4)24(33-5)22(16-19)30-10-12-34-13-11-30/h7-9,14-16H,6,10-13,17H2,1-5H3. The third-order valence-electron chi connectivity index (χ3n) is 5.90. The van der Waals surface area contributed by atoms with Crippen LogP contribution in [-0.2, 0) is 16.7 Å². The quantitative estimate of drug-likeness (QED) is 0.451. The van der Waals surface area contributed by atoms with Crippen molar-refractivity contribution >= 4 is 11.5 Å². The first-order valence-corrected chi connectivity index (χ1v) is 11.9. The molecule has 0 amide bonds. The molecular weight excluding hydrogens is 446 g/mol. The Hall–Kier alpha value is -3.46. The summed E-state index contributed by atoms with van der Waals surface area (Å²) < 4.78 is 16.9. The van der Waals surface area contributed by atoms with Crippen molar-refractivity contribution in [3.8, 4) is 22.9 Å². The van der Waals surface area contributed by atoms with E-state index in [2.05, 4.69) is 41.1 Å². The molecule has 1 aromatic heterocycles. The number of nitrogens with zero attached hydrogens (tertiary/aromatic N) is 5. The number of aromatic nitrogens is 4. The summed E-state index contributed by atoms with van der Waals surface area (Å²) in [5.74, 6) is 1.88. The molecule has 2 aromatic carbocycles. The van der Waals surface area contributed by atoms with Crippen LogP contribution < -0.4 is 14.4 Å². The first kappa shape index (κ1) is 24.7. The molecule has 9 heteroatoms. The predicted octanol–water partition coefficient (Wildman–Crippen LogP) is 3.76. The molecule has 0 N–H and O–H groups in total. The minimum absolute atomic E-state index is 0.0172. The molecule has 0 spiro atoms. The summed E-state index contributed by atoms with van der Waals surface area (Å²) in [6.45, 7) is 11.6. The van der Waals surface area contributed by atoms with Crippen molar-refractivity contribution in [2.24, 2.45) is 0 Å². The van der Waals surface area contributed by atoms with Gasteiger partial charge in [0.15, 0.2) is 5.78 Å². The van der Waals surface area contributed by atoms with Crippen molar-refractivity contribution in [1.29, 1.82) is 0 Å². The van der Waals surface area contributed by atoms with Gasteiger partial charge in [0.25, 0.3) is 0 Å². The van der Waals surface area contributed by atoms with Crippen LogP contribution in [0.1, 0.15) is 43.6 Å². The zero-order chi connectivity index (χ0) is 25.0. The molecule has 0 unspecified atom stereocenters. The van der Waals surface area contributed by atoms with Crippen LogP contribution in [0.3, 0.4) is 0 Å². The van der Waals surface area contributed by atoms with Crippen LogP contribution in [0.2, 0.25) is 0 Å². The number of ketones is 1. The molecule has 0 radical (unpaired) electrons. The molecule has 0 atom stereocenters. The van der Waals surface area contributed by atoms with E-state index in [1.165, 1.54) is 4.80 Å². The summed E-state index contributed by atoms with van der Waals surface area (Å²) >= 11 is 0. The highest BCUT2D eigenvalue weighted by Gasteiger charge is 2.27. The minimum atomic E-state index is -0.215. The molecule has 9 nitrogen and oxygen atoms in total. The Labute approximate surface area is 206 Å². The van der Waals surface area contributed by atoms with Crippen LogP contribution in [0.25, 0.3) is 11.4 Å². The van der Waals surface area contributed by atoms with Gasteiger partial charge in [-0.05, 0) is 41.8 Å². The van der Waals surface area contributed by atoms with E-state index >= 15 is 0 Å². The van der Waals surface area contributed by atoms with Crippen molar-refractivity contribution in [1.82, 2.24) is 20.2 Å². The van der Waals surface area contributed by atoms with Gasteiger partial charge in [-0.15, -0.1) is 10.2 Å². The van der Waals surface area contributed by atoms with Crippen LogP contribution in [-0.4, -0.2) is 66.0 Å². The summed E-state index contributed by atoms with van der Waals surface area (Å²) in [5, 5.41) is 12.7. The van der Waals surface area contributed by atoms with E-state index in [1.807, 2.05) is 43.3 Å². The number of hydrogen-bond donors (Lipinski definition) is 0. The third kappa shape index (κ3) is 5.62. The van der Waals surface area contributed by atoms with Gasteiger partial charge >= 0.3 is 0 Å². The lowest BCUT2D eigenvalue weighted by atomic mass is 9.84. The number of methoxy groups -OCH3 is 1. The fraction of sp³-hybridized carbons (Fsp3) is 0.462. The van der Waals surface area contributed by atoms with Gasteiger partial charge in [-0.3, -0.25) is 4.79 Å². The Morgan fingerprint density at radius 1 is 1.14 bits per heavy atom. The number of Topliss-reactive ketones (excluding diaryl/α,β-unsaturated/α-hetero) is 1. The van der Waals surface area contributed by atoms with Gasteiger partial charge in [-0.1, -0.05) is 32.9 Å². The molecule has 35 heavy (non-hydrogen) atoms. The molecule has 4 rings (SSSR count). The fourth-order valence-electron chi connectivity index (χ4n) is 4.12. The number of rotatable bonds is 8. The molecule has 0 bridgehead atoms. The normalized spacial score (nSPS) is 14.1. The number of tetrazole rings is 1. The number of anilines is 1. The number of carbonyl (C=O) groups excluding carboxylic acids is 1. The number of carbonyl (C=O) groups is 1. The summed E-state index contributed by atoms with van der Waals surface area (Å²) in [4.78, 5) is 16.9. The van der Waals surface area contributed by atoms with Crippen LogP contribution in [0.5, 0.6) is 11.5 Å². The fourth-order valence-corrected chi connectivity index (χ4v) is 4.12. The second-order valence-corrected chi connectivity index (χ2v) is 9.45. The summed E-state index contributed by atoms with van der Waals surface area (Å²) in [6, 6.07) is 11.3. The van der Waals surface area contributed by atoms with Gasteiger partial charge in [0, 0.05) is 29.8 Å². The average molecular weight is 480 g/mol. The second kappa shape index (κ2) is 10.4. The lowest BCUT2D eigenvalue weighted by molar-refractivity contribution is 0.0961. The monoisotopic (exact) mass is 479 g/mol. The number of morpholine rings is 1. The van der Waals surface area contributed by atoms with Crippen LogP contribution in [0.15, 0.2) is 36.4 Å². The number of ether oxygens (including phenoxy) is 3. The molecule has 1 aliphatic heterocycles. The maximum Gasteiger partial charge on any atom is 0.205 e. The van der Waals surface area contributed by atoms with Crippen LogP contribution in [0.4, 0.5) is 5.69 Å². The second-order valence-electron chi connectivity index (χ2n) is 9.45. The zero-order valence-electron chi connectivity index (χ0n) is 21.1. The third-order valence-corrected chi connectivity index (χ3v) is 5.90. The molecule has 0 aliphatic carbocycles. The highest BCUT2D eigenvalue weighted by molar-refractivity contribution is 5.97. The van der Waals surface area contributed by atoms with Gasteiger partial charge in [-0.2, -0.15) is 4.80 Å². The highest BCUT2D eigenvalue weighted by atomic mass is 16.5. The molecule has 186 valence electrons. The van der Waals surface area contributed by atoms with Crippen LogP contribution in [0, 0.1) is 0 Å². The van der Waals surface area contributed by atoms with E-state index in [0.29, 0.717) is 31.2 Å². The summed E-state index contributed by atoms with van der Waals surface area (Å²) in [7, 11) is 1.68. The Balaban J connectivity index is 1.63. The van der Waals surface area contributed by atoms with Crippen molar-refractivity contribution < 1.29 is 19.0 Å². The van der Waals surface area contributed by atoms with E-state index in [9.17, 15) is 4.79 Å². The summed E-state index contributed by atoms with van der Waals surface area (Å²) in [5.41, 5.74) is 3.05. The lowest BCUT2D eigenvalue weighted by Crippen LogP contribution is -2.37. The lowest BCUT2D eigenvalue weighted by Gasteiger charge is -2.33. The van der Waals surface area contributed by atoms with Crippen molar-refractivity contribution in [2.75, 3.05) is 44.9 Å². The Kier molecular flexibility index (Phi) is 7.35. The molecule has 1 fully saturated rings. The highest BCUT2D eigenvalue weighted by Crippen LogP contribution is 2.40. The van der Waals surface area contributed by atoms with Gasteiger partial charge in [-0.25, -0.2) is 0 Å². The van der Waals surface area contributed by atoms with Gasteiger partial charge < -0.3 is 19.1 Å². The first-order chi connectivity index (χ1) is 16.8. The first-order valence-electron chi connectivity index (χ1n) is 11.9. The summed E-state index contributed by atoms with van der Waals surface area (Å²) in [6.07, 6.45) is 0. The molecule has 1 saturated heterocycles. The Bertz CT molecular complexity index is 1180. The number of benzene rings is 2. The minimum Gasteiger partial charge on any atom is -0.494 e. The topological polar surface area (TPSA) is 91.6 Å². The van der Waals surface area contributed by atoms with E-state index in [-0.39, 0.29) is 17.7 Å². The van der Waals surface area contributed by atoms with Gasteiger partial charge in [0.2, 0.25) is 5.82 Å². The smallest absolute Gasteiger partial charge is 0.205 e. The Morgan fingerprint density at radius 2 is 1.91 bits per heavy atom. The Morgan fingerprint density at radius 3 is 2.60 bits per heavy atom. The SMILES string of the molecule is CCOc1cccc(-c2nnn(CC(=O)c3cc(N4CCOCC4)c(OC)c(C(C)(C)C)c3)n2)c1. The van der Waals surface area contributed by atoms with E-state index in [1.54, 1.807) is 7.11 Å². The zero-order valence-corrected chi connectivity index (χ0v) is 21.1. The molecule has 1 aliphatic rings. The largest absolute Gasteiger partial charge is 0.494 e. The number of hydrogen-bond acceptors (Lipinski definition) is 8. The maximum atomic E-state index is 13.4.